The van der Waals surface area contributed by atoms with Gasteiger partial charge in [-0.1, -0.05) is 0 Å². The summed E-state index contributed by atoms with van der Waals surface area (Å²) in [6.45, 7) is 1.26. The molecule has 2 bridgehead atoms. The van der Waals surface area contributed by atoms with Crippen molar-refractivity contribution in [2.75, 3.05) is 13.1 Å². The monoisotopic (exact) mass is 199 g/mol. The van der Waals surface area contributed by atoms with E-state index in [1.165, 1.54) is 0 Å². The number of aliphatic hydroxyl groups excluding tert-OH is 1. The van der Waals surface area contributed by atoms with Crippen LogP contribution in [0.25, 0.3) is 0 Å². The molecule has 0 aliphatic carbocycles. The number of hydrogen-bond donors (Lipinski definition) is 3. The Morgan fingerprint density at radius 2 is 2.29 bits per heavy atom. The van der Waals surface area contributed by atoms with Crippen molar-refractivity contribution in [2.45, 2.75) is 24.7 Å². The highest BCUT2D eigenvalue weighted by atomic mass is 16.5. The molecule has 2 amide bonds. The number of amides is 2. The highest BCUT2D eigenvalue weighted by Gasteiger charge is 2.53. The van der Waals surface area contributed by atoms with Gasteiger partial charge in [-0.05, 0) is 12.3 Å². The average molecular weight is 199 g/mol. The Bertz CT molecular complexity index is 285. The van der Waals surface area contributed by atoms with Crippen molar-refractivity contribution < 1.29 is 15.1 Å². The molecular formula is C8H13N3O3. The molecule has 3 saturated heterocycles. The molecule has 0 radical (unpaired) electrons. The van der Waals surface area contributed by atoms with E-state index >= 15 is 0 Å². The third-order valence-electron chi connectivity index (χ3n) is 3.53. The van der Waals surface area contributed by atoms with Gasteiger partial charge in [0.1, 0.15) is 6.23 Å². The molecule has 4 atom stereocenters. The first-order valence-electron chi connectivity index (χ1n) is 4.88. The molecule has 3 heterocycles. The minimum absolute atomic E-state index is 0.0872. The van der Waals surface area contributed by atoms with E-state index in [1.54, 1.807) is 4.90 Å². The normalized spacial score (nSPS) is 46.0. The SMILES string of the molecule is O=C1N(O)[C@@H]2C[C@H]3CNC(O)[C@H]3N1C2. The zero-order valence-electron chi connectivity index (χ0n) is 7.63. The Labute approximate surface area is 81.0 Å². The van der Waals surface area contributed by atoms with Crippen molar-refractivity contribution in [1.82, 2.24) is 15.3 Å². The topological polar surface area (TPSA) is 76.0 Å². The minimum Gasteiger partial charge on any atom is -0.376 e. The van der Waals surface area contributed by atoms with Crippen molar-refractivity contribution >= 4 is 6.03 Å². The predicted octanol–water partition coefficient (Wildman–Crippen LogP) is -1.21. The lowest BCUT2D eigenvalue weighted by atomic mass is 9.90. The zero-order valence-corrected chi connectivity index (χ0v) is 7.63. The fourth-order valence-corrected chi connectivity index (χ4v) is 2.86. The summed E-state index contributed by atoms with van der Waals surface area (Å²) in [5, 5.41) is 22.8. The third kappa shape index (κ3) is 0.879. The number of carbonyl (C=O) groups excluding carboxylic acids is 1. The van der Waals surface area contributed by atoms with Crippen LogP contribution in [-0.2, 0) is 0 Å². The van der Waals surface area contributed by atoms with Gasteiger partial charge in [-0.15, -0.1) is 0 Å². The maximum absolute atomic E-state index is 11.5. The first-order chi connectivity index (χ1) is 6.68. The first kappa shape index (κ1) is 8.46. The summed E-state index contributed by atoms with van der Waals surface area (Å²) in [7, 11) is 0. The number of urea groups is 1. The fourth-order valence-electron chi connectivity index (χ4n) is 2.86. The Hall–Kier alpha value is -0.850. The number of piperidine rings is 1. The van der Waals surface area contributed by atoms with Crippen molar-refractivity contribution in [3.63, 3.8) is 0 Å². The van der Waals surface area contributed by atoms with Gasteiger partial charge in [0.2, 0.25) is 0 Å². The van der Waals surface area contributed by atoms with Crippen LogP contribution in [-0.4, -0.2) is 57.7 Å². The van der Waals surface area contributed by atoms with Crippen LogP contribution in [0, 0.1) is 5.92 Å². The van der Waals surface area contributed by atoms with Crippen molar-refractivity contribution in [3.05, 3.63) is 0 Å². The van der Waals surface area contributed by atoms with Gasteiger partial charge in [0.15, 0.2) is 0 Å². The molecule has 6 nitrogen and oxygen atoms in total. The number of nitrogens with one attached hydrogen (secondary N) is 1. The molecule has 0 aromatic rings. The lowest BCUT2D eigenvalue weighted by molar-refractivity contribution is -0.0609. The van der Waals surface area contributed by atoms with Gasteiger partial charge >= 0.3 is 6.03 Å². The largest absolute Gasteiger partial charge is 0.376 e. The van der Waals surface area contributed by atoms with E-state index in [-0.39, 0.29) is 24.0 Å². The molecule has 3 fully saturated rings. The lowest BCUT2D eigenvalue weighted by Gasteiger charge is -2.33. The minimum atomic E-state index is -0.642. The number of hydrogen-bond acceptors (Lipinski definition) is 4. The summed E-state index contributed by atoms with van der Waals surface area (Å²) in [6, 6.07) is -0.614. The van der Waals surface area contributed by atoms with Crippen molar-refractivity contribution in [3.8, 4) is 0 Å². The van der Waals surface area contributed by atoms with Crippen LogP contribution in [0.4, 0.5) is 4.79 Å². The van der Waals surface area contributed by atoms with Crippen LogP contribution in [0.5, 0.6) is 0 Å². The smallest absolute Gasteiger partial charge is 0.344 e. The number of hydroxylamine groups is 2. The Kier molecular flexibility index (Phi) is 1.56. The second-order valence-corrected chi connectivity index (χ2v) is 4.27. The van der Waals surface area contributed by atoms with E-state index in [2.05, 4.69) is 5.32 Å². The number of fused-ring (bicyclic) bond motifs is 4. The van der Waals surface area contributed by atoms with Crippen LogP contribution in [0.15, 0.2) is 0 Å². The van der Waals surface area contributed by atoms with E-state index in [0.717, 1.165) is 18.0 Å². The number of carbonyl (C=O) groups is 1. The molecule has 0 saturated carbocycles. The molecule has 78 valence electrons. The van der Waals surface area contributed by atoms with Gasteiger partial charge in [0.25, 0.3) is 0 Å². The molecule has 3 aliphatic heterocycles. The van der Waals surface area contributed by atoms with E-state index in [0.29, 0.717) is 6.54 Å². The van der Waals surface area contributed by atoms with E-state index in [1.807, 2.05) is 0 Å². The third-order valence-corrected chi connectivity index (χ3v) is 3.53. The van der Waals surface area contributed by atoms with Gasteiger partial charge in [-0.3, -0.25) is 10.5 Å². The molecule has 3 aliphatic rings. The van der Waals surface area contributed by atoms with E-state index < -0.39 is 6.23 Å². The highest BCUT2D eigenvalue weighted by Crippen LogP contribution is 2.35. The fraction of sp³-hybridized carbons (Fsp3) is 0.875. The molecular weight excluding hydrogens is 186 g/mol. The van der Waals surface area contributed by atoms with Crippen molar-refractivity contribution in [1.29, 1.82) is 0 Å². The molecule has 0 spiro atoms. The van der Waals surface area contributed by atoms with Gasteiger partial charge in [-0.2, -0.15) is 0 Å². The molecule has 0 aromatic carbocycles. The first-order valence-corrected chi connectivity index (χ1v) is 4.88. The Balaban J connectivity index is 1.93. The molecule has 14 heavy (non-hydrogen) atoms. The van der Waals surface area contributed by atoms with E-state index in [4.69, 9.17) is 0 Å². The highest BCUT2D eigenvalue weighted by molar-refractivity contribution is 5.77. The second kappa shape index (κ2) is 2.59. The van der Waals surface area contributed by atoms with Gasteiger partial charge in [0, 0.05) is 13.1 Å². The number of rotatable bonds is 0. The summed E-state index contributed by atoms with van der Waals surface area (Å²) >= 11 is 0. The van der Waals surface area contributed by atoms with Crippen LogP contribution in [0.2, 0.25) is 0 Å². The molecule has 3 N–H and O–H groups in total. The number of nitrogens with zero attached hydrogens (tertiary/aromatic N) is 2. The summed E-state index contributed by atoms with van der Waals surface area (Å²) in [5.74, 6) is 0.268. The Morgan fingerprint density at radius 1 is 1.50 bits per heavy atom. The summed E-state index contributed by atoms with van der Waals surface area (Å²) in [6.07, 6.45) is 0.129. The standard InChI is InChI=1S/C8H13N3O3/c12-7-6-4(2-9-7)1-5-3-10(6)8(13)11(5)14/h4-7,9,12,14H,1-3H2/t4-,5+,6-,7?/m0/s1. The maximum Gasteiger partial charge on any atom is 0.344 e. The second-order valence-electron chi connectivity index (χ2n) is 4.27. The molecule has 0 aromatic heterocycles. The van der Waals surface area contributed by atoms with Gasteiger partial charge in [-0.25, -0.2) is 9.86 Å². The molecule has 1 unspecified atom stereocenters. The molecule has 6 heteroatoms. The summed E-state index contributed by atoms with van der Waals surface area (Å²) in [4.78, 5) is 13.1. The maximum atomic E-state index is 11.5. The summed E-state index contributed by atoms with van der Waals surface area (Å²) < 4.78 is 0. The summed E-state index contributed by atoms with van der Waals surface area (Å²) in [5.41, 5.74) is 0. The van der Waals surface area contributed by atoms with Crippen LogP contribution < -0.4 is 5.32 Å². The average Bonchev–Trinajstić information content (AvgIpc) is 2.65. The Morgan fingerprint density at radius 3 is 3.07 bits per heavy atom. The van der Waals surface area contributed by atoms with E-state index in [9.17, 15) is 15.1 Å². The van der Waals surface area contributed by atoms with Gasteiger partial charge in [0.05, 0.1) is 12.1 Å². The van der Waals surface area contributed by atoms with Crippen LogP contribution in [0.1, 0.15) is 6.42 Å². The van der Waals surface area contributed by atoms with Crippen LogP contribution >= 0.6 is 0 Å². The van der Waals surface area contributed by atoms with Crippen LogP contribution in [0.3, 0.4) is 0 Å². The lowest BCUT2D eigenvalue weighted by Crippen LogP contribution is -2.49. The van der Waals surface area contributed by atoms with Gasteiger partial charge < -0.3 is 10.0 Å². The van der Waals surface area contributed by atoms with Crippen molar-refractivity contribution in [2.24, 2.45) is 5.92 Å². The zero-order chi connectivity index (χ0) is 9.87. The predicted molar refractivity (Wildman–Crippen MR) is 45.4 cm³/mol. The number of aliphatic hydroxyl groups is 1. The molecule has 3 rings (SSSR count). The quantitative estimate of drug-likeness (QED) is 0.428.